The van der Waals surface area contributed by atoms with Crippen LogP contribution < -0.4 is 16.4 Å². The van der Waals surface area contributed by atoms with E-state index in [4.69, 9.17) is 21.4 Å². The lowest BCUT2D eigenvalue weighted by Gasteiger charge is -2.33. The van der Waals surface area contributed by atoms with Crippen molar-refractivity contribution < 1.29 is 0 Å². The largest absolute Gasteiger partial charge is 0.368 e. The zero-order valence-electron chi connectivity index (χ0n) is 21.3. The molecule has 36 heavy (non-hydrogen) atoms. The van der Waals surface area contributed by atoms with Crippen molar-refractivity contribution in [2.24, 2.45) is 5.73 Å². The Labute approximate surface area is 213 Å². The Balaban J connectivity index is 1.51. The van der Waals surface area contributed by atoms with Crippen molar-refractivity contribution in [1.29, 1.82) is 0 Å². The molecular formula is C30H34N6. The van der Waals surface area contributed by atoms with Crippen molar-refractivity contribution >= 4 is 17.5 Å². The van der Waals surface area contributed by atoms with Crippen LogP contribution in [0.3, 0.4) is 0 Å². The molecule has 5 rings (SSSR count). The van der Waals surface area contributed by atoms with Crippen molar-refractivity contribution in [3.63, 3.8) is 0 Å². The number of rotatable bonds is 6. The average molecular weight is 479 g/mol. The summed E-state index contributed by atoms with van der Waals surface area (Å²) in [6.45, 7) is 7.17. The van der Waals surface area contributed by atoms with Crippen LogP contribution in [0.4, 0.5) is 17.5 Å². The highest BCUT2D eigenvalue weighted by Crippen LogP contribution is 2.38. The number of nitrogens with two attached hydrogens (primary N) is 2. The van der Waals surface area contributed by atoms with E-state index in [1.807, 2.05) is 44.4 Å². The average Bonchev–Trinajstić information content (AvgIpc) is 2.88. The summed E-state index contributed by atoms with van der Waals surface area (Å²) in [6.07, 6.45) is 6.80. The Morgan fingerprint density at radius 3 is 2.58 bits per heavy atom. The second kappa shape index (κ2) is 9.70. The van der Waals surface area contributed by atoms with E-state index in [1.165, 1.54) is 11.1 Å². The number of hydrogen-bond donors (Lipinski definition) is 2. The normalized spacial score (nSPS) is 14.4. The molecule has 0 saturated carbocycles. The Morgan fingerprint density at radius 1 is 1.00 bits per heavy atom. The van der Waals surface area contributed by atoms with E-state index < -0.39 is 0 Å². The van der Waals surface area contributed by atoms with Gasteiger partial charge in [-0.25, -0.2) is 4.98 Å². The maximum Gasteiger partial charge on any atom is 0.221 e. The molecule has 0 saturated heterocycles. The zero-order chi connectivity index (χ0) is 25.3. The Hall–Kier alpha value is -3.77. The topological polar surface area (TPSA) is 93.9 Å². The van der Waals surface area contributed by atoms with Gasteiger partial charge in [0, 0.05) is 41.3 Å². The number of fused-ring (bicyclic) bond motifs is 1. The summed E-state index contributed by atoms with van der Waals surface area (Å²) < 4.78 is 0. The molecule has 4 aromatic rings. The van der Waals surface area contributed by atoms with E-state index in [2.05, 4.69) is 59.3 Å². The van der Waals surface area contributed by atoms with Gasteiger partial charge in [-0.15, -0.1) is 0 Å². The molecule has 2 aromatic carbocycles. The molecule has 0 amide bonds. The molecule has 184 valence electrons. The summed E-state index contributed by atoms with van der Waals surface area (Å²) in [7, 11) is 0. The van der Waals surface area contributed by atoms with Crippen LogP contribution in [-0.4, -0.2) is 21.5 Å². The maximum absolute atomic E-state index is 6.36. The van der Waals surface area contributed by atoms with E-state index in [9.17, 15) is 0 Å². The zero-order valence-corrected chi connectivity index (χ0v) is 21.3. The molecule has 1 aliphatic heterocycles. The van der Waals surface area contributed by atoms with Gasteiger partial charge in [0.05, 0.1) is 5.69 Å². The van der Waals surface area contributed by atoms with E-state index in [-0.39, 0.29) is 17.4 Å². The lowest BCUT2D eigenvalue weighted by molar-refractivity contribution is 0.553. The fourth-order valence-corrected chi connectivity index (χ4v) is 4.97. The summed E-state index contributed by atoms with van der Waals surface area (Å²) in [6, 6.07) is 21.0. The first-order valence-electron chi connectivity index (χ1n) is 12.6. The maximum atomic E-state index is 6.36. The SMILES string of the molecule is CC(Cc1cccc(C(C)(C)N)c1)c1cnc(N)nc1N1CCCc2cnc(-c3ccccc3)cc21. The van der Waals surface area contributed by atoms with Gasteiger partial charge in [0.15, 0.2) is 0 Å². The molecule has 0 spiro atoms. The van der Waals surface area contributed by atoms with Crippen molar-refractivity contribution in [2.75, 3.05) is 17.2 Å². The van der Waals surface area contributed by atoms with Crippen molar-refractivity contribution in [3.8, 4) is 11.3 Å². The molecule has 6 nitrogen and oxygen atoms in total. The first kappa shape index (κ1) is 23.9. The van der Waals surface area contributed by atoms with E-state index >= 15 is 0 Å². The van der Waals surface area contributed by atoms with Crippen molar-refractivity contribution in [1.82, 2.24) is 15.0 Å². The number of nitrogens with zero attached hydrogens (tertiary/aromatic N) is 4. The van der Waals surface area contributed by atoms with Crippen LogP contribution in [0, 0.1) is 0 Å². The van der Waals surface area contributed by atoms with Gasteiger partial charge in [-0.2, -0.15) is 4.98 Å². The molecule has 0 aliphatic carbocycles. The summed E-state index contributed by atoms with van der Waals surface area (Å²) >= 11 is 0. The quantitative estimate of drug-likeness (QED) is 0.367. The molecular weight excluding hydrogens is 444 g/mol. The smallest absolute Gasteiger partial charge is 0.221 e. The Morgan fingerprint density at radius 2 is 1.81 bits per heavy atom. The van der Waals surface area contributed by atoms with Gasteiger partial charge >= 0.3 is 0 Å². The van der Waals surface area contributed by atoms with Gasteiger partial charge in [-0.1, -0.05) is 61.5 Å². The second-order valence-electron chi connectivity index (χ2n) is 10.4. The van der Waals surface area contributed by atoms with Gasteiger partial charge in [-0.3, -0.25) is 4.98 Å². The van der Waals surface area contributed by atoms with Crippen LogP contribution in [0.1, 0.15) is 55.4 Å². The molecule has 2 aromatic heterocycles. The molecule has 1 atom stereocenters. The molecule has 4 N–H and O–H groups in total. The number of nitrogen functional groups attached to an aromatic ring is 1. The predicted octanol–water partition coefficient (Wildman–Crippen LogP) is 5.75. The monoisotopic (exact) mass is 478 g/mol. The van der Waals surface area contributed by atoms with Crippen LogP contribution in [0.25, 0.3) is 11.3 Å². The summed E-state index contributed by atoms with van der Waals surface area (Å²) in [5, 5.41) is 0. The van der Waals surface area contributed by atoms with Gasteiger partial charge in [0.2, 0.25) is 5.95 Å². The van der Waals surface area contributed by atoms with E-state index in [0.29, 0.717) is 0 Å². The first-order chi connectivity index (χ1) is 17.3. The lowest BCUT2D eigenvalue weighted by Crippen LogP contribution is -2.28. The Bertz CT molecular complexity index is 1360. The van der Waals surface area contributed by atoms with Crippen LogP contribution >= 0.6 is 0 Å². The van der Waals surface area contributed by atoms with Crippen LogP contribution in [-0.2, 0) is 18.4 Å². The minimum absolute atomic E-state index is 0.192. The number of hydrogen-bond acceptors (Lipinski definition) is 6. The Kier molecular flexibility index (Phi) is 6.46. The third-order valence-corrected chi connectivity index (χ3v) is 6.96. The van der Waals surface area contributed by atoms with E-state index in [1.54, 1.807) is 0 Å². The standard InChI is InChI=1S/C30H34N6/c1-20(15-21-9-7-13-24(16-21)30(2,3)32)25-19-34-29(31)35-28(25)36-14-8-12-23-18-33-26(17-27(23)36)22-10-5-4-6-11-22/h4-7,9-11,13,16-20H,8,12,14-15,32H2,1-3H3,(H2,31,34,35). The molecule has 1 aliphatic rings. The van der Waals surface area contributed by atoms with Gasteiger partial charge < -0.3 is 16.4 Å². The molecule has 0 radical (unpaired) electrons. The predicted molar refractivity (Wildman–Crippen MR) is 147 cm³/mol. The number of aromatic nitrogens is 3. The molecule has 3 heterocycles. The van der Waals surface area contributed by atoms with Crippen molar-refractivity contribution in [2.45, 2.75) is 51.5 Å². The highest BCUT2D eigenvalue weighted by Gasteiger charge is 2.26. The fourth-order valence-electron chi connectivity index (χ4n) is 4.97. The van der Waals surface area contributed by atoms with Crippen LogP contribution in [0.5, 0.6) is 0 Å². The minimum Gasteiger partial charge on any atom is -0.368 e. The molecule has 0 bridgehead atoms. The summed E-state index contributed by atoms with van der Waals surface area (Å²) in [4.78, 5) is 16.2. The summed E-state index contributed by atoms with van der Waals surface area (Å²) in [5.41, 5.74) is 20.0. The lowest BCUT2D eigenvalue weighted by atomic mass is 9.89. The third kappa shape index (κ3) is 4.95. The van der Waals surface area contributed by atoms with Gasteiger partial charge in [0.25, 0.3) is 0 Å². The number of aryl methyl sites for hydroxylation is 1. The highest BCUT2D eigenvalue weighted by atomic mass is 15.2. The molecule has 1 unspecified atom stereocenters. The van der Waals surface area contributed by atoms with Crippen LogP contribution in [0.2, 0.25) is 0 Å². The number of benzene rings is 2. The molecule has 6 heteroatoms. The minimum atomic E-state index is -0.378. The third-order valence-electron chi connectivity index (χ3n) is 6.96. The van der Waals surface area contributed by atoms with Crippen LogP contribution in [0.15, 0.2) is 73.1 Å². The fraction of sp³-hybridized carbons (Fsp3) is 0.300. The molecule has 0 fully saturated rings. The van der Waals surface area contributed by atoms with Gasteiger partial charge in [-0.05, 0) is 61.8 Å². The van der Waals surface area contributed by atoms with Gasteiger partial charge in [0.1, 0.15) is 5.82 Å². The van der Waals surface area contributed by atoms with E-state index in [0.717, 1.165) is 59.7 Å². The van der Waals surface area contributed by atoms with Crippen molar-refractivity contribution in [3.05, 3.63) is 95.3 Å². The highest BCUT2D eigenvalue weighted by molar-refractivity contribution is 5.73. The second-order valence-corrected chi connectivity index (χ2v) is 10.4. The number of pyridine rings is 1. The first-order valence-corrected chi connectivity index (χ1v) is 12.6. The summed E-state index contributed by atoms with van der Waals surface area (Å²) in [5.74, 6) is 1.37. The number of anilines is 3.